The molecule has 0 saturated carbocycles. The summed E-state index contributed by atoms with van der Waals surface area (Å²) in [5.74, 6) is 1.98. The third-order valence-electron chi connectivity index (χ3n) is 7.85. The molecule has 0 aliphatic carbocycles. The molecule has 3 aromatic heterocycles. The lowest BCUT2D eigenvalue weighted by Crippen LogP contribution is -2.23. The second-order valence-corrected chi connectivity index (χ2v) is 10.8. The van der Waals surface area contributed by atoms with Crippen LogP contribution < -0.4 is 4.74 Å². The zero-order chi connectivity index (χ0) is 27.4. The summed E-state index contributed by atoms with van der Waals surface area (Å²) in [5, 5.41) is 10.5. The first-order valence-electron chi connectivity index (χ1n) is 14.8. The summed E-state index contributed by atoms with van der Waals surface area (Å²) in [6.45, 7) is 3.44. The molecule has 11 nitrogen and oxygen atoms in total. The van der Waals surface area contributed by atoms with E-state index in [0.29, 0.717) is 30.5 Å². The van der Waals surface area contributed by atoms with Gasteiger partial charge in [-0.2, -0.15) is 10.2 Å². The molecule has 4 aromatic rings. The van der Waals surface area contributed by atoms with E-state index in [0.717, 1.165) is 93.4 Å². The van der Waals surface area contributed by atoms with Crippen LogP contribution in [0.2, 0.25) is 0 Å². The average molecular weight is 561 g/mol. The van der Waals surface area contributed by atoms with Gasteiger partial charge in [0.05, 0.1) is 31.5 Å². The summed E-state index contributed by atoms with van der Waals surface area (Å²) >= 11 is 0. The van der Waals surface area contributed by atoms with Gasteiger partial charge in [0, 0.05) is 43.5 Å². The molecule has 41 heavy (non-hydrogen) atoms. The van der Waals surface area contributed by atoms with E-state index in [1.54, 1.807) is 10.9 Å². The Hall–Kier alpha value is -3.38. The fourth-order valence-electron chi connectivity index (χ4n) is 5.65. The topological polar surface area (TPSA) is 108 Å². The third kappa shape index (κ3) is 5.99. The fraction of sp³-hybridized carbons (Fsp3) is 0.533. The molecule has 1 aromatic carbocycles. The van der Waals surface area contributed by atoms with Gasteiger partial charge < -0.3 is 23.7 Å². The van der Waals surface area contributed by atoms with Crippen molar-refractivity contribution < 1.29 is 23.7 Å². The molecule has 3 aliphatic heterocycles. The van der Waals surface area contributed by atoms with Crippen molar-refractivity contribution in [1.29, 1.82) is 0 Å². The maximum absolute atomic E-state index is 6.23. The number of benzene rings is 1. The Morgan fingerprint density at radius 2 is 1.90 bits per heavy atom. The predicted molar refractivity (Wildman–Crippen MR) is 150 cm³/mol. The van der Waals surface area contributed by atoms with Crippen LogP contribution in [0.5, 0.6) is 5.75 Å². The van der Waals surface area contributed by atoms with Crippen molar-refractivity contribution in [3.05, 3.63) is 48.4 Å². The molecule has 0 radical (unpaired) electrons. The van der Waals surface area contributed by atoms with Crippen molar-refractivity contribution in [3.8, 4) is 23.1 Å². The molecule has 11 heteroatoms. The van der Waals surface area contributed by atoms with Crippen LogP contribution in [0.15, 0.2) is 42.9 Å². The maximum atomic E-state index is 6.23. The molecule has 3 atom stereocenters. The average Bonchev–Trinajstić information content (AvgIpc) is 3.79. The predicted octanol–water partition coefficient (Wildman–Crippen LogP) is 4.63. The summed E-state index contributed by atoms with van der Waals surface area (Å²) in [6.07, 6.45) is 13.4. The molecule has 2 unspecified atom stereocenters. The highest BCUT2D eigenvalue weighted by Crippen LogP contribution is 2.34. The molecule has 0 amide bonds. The highest BCUT2D eigenvalue weighted by atomic mass is 16.7. The summed E-state index contributed by atoms with van der Waals surface area (Å²) in [6, 6.07) is 7.94. The lowest BCUT2D eigenvalue weighted by molar-refractivity contribution is -0.161. The first-order chi connectivity index (χ1) is 20.3. The largest absolute Gasteiger partial charge is 0.488 e. The molecule has 3 saturated heterocycles. The zero-order valence-corrected chi connectivity index (χ0v) is 23.2. The number of nitrogens with zero attached hydrogens (tertiary/aromatic N) is 6. The van der Waals surface area contributed by atoms with Crippen LogP contribution in [0.3, 0.4) is 0 Å². The number of hydrogen-bond donors (Lipinski definition) is 0. The van der Waals surface area contributed by atoms with Crippen molar-refractivity contribution in [2.45, 2.75) is 70.0 Å². The van der Waals surface area contributed by atoms with E-state index >= 15 is 0 Å². The van der Waals surface area contributed by atoms with E-state index < -0.39 is 0 Å². The molecule has 0 bridgehead atoms. The summed E-state index contributed by atoms with van der Waals surface area (Å²) < 4.78 is 33.2. The monoisotopic (exact) mass is 560 g/mol. The Kier molecular flexibility index (Phi) is 7.91. The third-order valence-corrected chi connectivity index (χ3v) is 7.85. The maximum Gasteiger partial charge on any atom is 0.182 e. The minimum atomic E-state index is -0.118. The highest BCUT2D eigenvalue weighted by Gasteiger charge is 2.24. The molecular formula is C30H36N6O5. The smallest absolute Gasteiger partial charge is 0.182 e. The van der Waals surface area contributed by atoms with Gasteiger partial charge in [-0.25, -0.2) is 19.3 Å². The van der Waals surface area contributed by atoms with Crippen molar-refractivity contribution >= 4 is 10.9 Å². The van der Waals surface area contributed by atoms with Crippen LogP contribution in [-0.2, 0) is 25.4 Å². The number of fused-ring (bicyclic) bond motifs is 1. The van der Waals surface area contributed by atoms with Gasteiger partial charge in [0.25, 0.3) is 0 Å². The number of rotatable bonds is 9. The Bertz CT molecular complexity index is 1450. The SMILES string of the molecule is c1cc(-n2cc(CCOC3CCCCO3)cn2)nc(-c2nn(C3CCCCO3)c3ccc(O[C@@H]4CCOC4)cc23)n1. The normalized spacial score (nSPS) is 23.3. The molecule has 3 fully saturated rings. The van der Waals surface area contributed by atoms with Gasteiger partial charge in [-0.15, -0.1) is 0 Å². The van der Waals surface area contributed by atoms with E-state index in [1.165, 1.54) is 0 Å². The summed E-state index contributed by atoms with van der Waals surface area (Å²) in [7, 11) is 0. The Morgan fingerprint density at radius 3 is 2.73 bits per heavy atom. The van der Waals surface area contributed by atoms with Gasteiger partial charge in [0.1, 0.15) is 17.5 Å². The van der Waals surface area contributed by atoms with Crippen molar-refractivity contribution in [3.63, 3.8) is 0 Å². The highest BCUT2D eigenvalue weighted by molar-refractivity contribution is 5.92. The second-order valence-electron chi connectivity index (χ2n) is 10.8. The first-order valence-corrected chi connectivity index (χ1v) is 14.8. The van der Waals surface area contributed by atoms with Crippen molar-refractivity contribution in [2.75, 3.05) is 33.0 Å². The summed E-state index contributed by atoms with van der Waals surface area (Å²) in [5.41, 5.74) is 2.74. The van der Waals surface area contributed by atoms with Crippen LogP contribution >= 0.6 is 0 Å². The Morgan fingerprint density at radius 1 is 0.976 bits per heavy atom. The molecule has 3 aliphatic rings. The van der Waals surface area contributed by atoms with Crippen LogP contribution in [0.1, 0.15) is 56.7 Å². The lowest BCUT2D eigenvalue weighted by atomic mass is 10.1. The van der Waals surface area contributed by atoms with Gasteiger partial charge in [-0.1, -0.05) is 0 Å². The molecule has 0 spiro atoms. The minimum absolute atomic E-state index is 0.0572. The van der Waals surface area contributed by atoms with Gasteiger partial charge in [-0.05, 0) is 68.7 Å². The number of ether oxygens (including phenoxy) is 5. The van der Waals surface area contributed by atoms with Gasteiger partial charge >= 0.3 is 0 Å². The van der Waals surface area contributed by atoms with Crippen LogP contribution in [0, 0.1) is 0 Å². The minimum Gasteiger partial charge on any atom is -0.488 e. The van der Waals surface area contributed by atoms with Gasteiger partial charge in [-0.3, -0.25) is 0 Å². The van der Waals surface area contributed by atoms with Gasteiger partial charge in [0.15, 0.2) is 24.2 Å². The summed E-state index contributed by atoms with van der Waals surface area (Å²) in [4.78, 5) is 9.50. The van der Waals surface area contributed by atoms with Crippen molar-refractivity contribution in [1.82, 2.24) is 29.5 Å². The van der Waals surface area contributed by atoms with E-state index in [2.05, 4.69) is 16.1 Å². The standard InChI is InChI=1S/C30H36N6O5/c1-3-13-38-27(5-1)36-25-8-7-22(41-23-11-15-37-20-23)17-24(25)29(34-36)30-31-12-9-26(33-30)35-19-21(18-32-35)10-16-40-28-6-2-4-14-39-28/h7-9,12,17-19,23,27-28H,1-6,10-11,13-16,20H2/t23-,27?,28?/m1/s1. The van der Waals surface area contributed by atoms with E-state index in [9.17, 15) is 0 Å². The first kappa shape index (κ1) is 26.5. The lowest BCUT2D eigenvalue weighted by Gasteiger charge is -2.23. The van der Waals surface area contributed by atoms with Crippen LogP contribution in [0.25, 0.3) is 28.2 Å². The molecule has 216 valence electrons. The molecule has 7 rings (SSSR count). The Labute approximate surface area is 238 Å². The second kappa shape index (κ2) is 12.2. The quantitative estimate of drug-likeness (QED) is 0.289. The van der Waals surface area contributed by atoms with E-state index in [1.807, 2.05) is 35.3 Å². The van der Waals surface area contributed by atoms with E-state index in [-0.39, 0.29) is 18.6 Å². The Balaban J connectivity index is 1.15. The van der Waals surface area contributed by atoms with E-state index in [4.69, 9.17) is 33.8 Å². The number of aromatic nitrogens is 6. The van der Waals surface area contributed by atoms with Gasteiger partial charge in [0.2, 0.25) is 0 Å². The number of hydrogen-bond acceptors (Lipinski definition) is 9. The molecular weight excluding hydrogens is 524 g/mol. The fourth-order valence-corrected chi connectivity index (χ4v) is 5.65. The van der Waals surface area contributed by atoms with Crippen LogP contribution in [-0.4, -0.2) is 75.0 Å². The molecule has 0 N–H and O–H groups in total. The van der Waals surface area contributed by atoms with Crippen molar-refractivity contribution in [2.24, 2.45) is 0 Å². The molecule has 6 heterocycles. The zero-order valence-electron chi connectivity index (χ0n) is 23.2. The van der Waals surface area contributed by atoms with Crippen LogP contribution in [0.4, 0.5) is 0 Å².